The minimum absolute atomic E-state index is 0.126. The van der Waals surface area contributed by atoms with Crippen molar-refractivity contribution in [1.82, 2.24) is 5.32 Å². The zero-order valence-electron chi connectivity index (χ0n) is 15.5. The van der Waals surface area contributed by atoms with Crippen LogP contribution in [0.5, 0.6) is 0 Å². The van der Waals surface area contributed by atoms with Crippen LogP contribution in [0.3, 0.4) is 0 Å². The highest BCUT2D eigenvalue weighted by Gasteiger charge is 2.31. The van der Waals surface area contributed by atoms with Gasteiger partial charge in [-0.3, -0.25) is 10.1 Å². The van der Waals surface area contributed by atoms with Gasteiger partial charge < -0.3 is 14.6 Å². The van der Waals surface area contributed by atoms with Gasteiger partial charge in [-0.1, -0.05) is 78.9 Å². The maximum absolute atomic E-state index is 12.5. The first-order valence-corrected chi connectivity index (χ1v) is 9.04. The molecule has 0 fully saturated rings. The first-order valence-electron chi connectivity index (χ1n) is 9.04. The molecule has 0 aliphatic carbocycles. The third-order valence-electron chi connectivity index (χ3n) is 4.07. The first-order chi connectivity index (χ1) is 13.6. The monoisotopic (exact) mass is 377 g/mol. The molecule has 2 N–H and O–H groups in total. The SMILES string of the molecule is O=C(NC(O)(COCc1ccccc1)OCc1ccccc1)c1ccccc1. The molecule has 28 heavy (non-hydrogen) atoms. The zero-order chi connectivity index (χ0) is 19.7. The van der Waals surface area contributed by atoms with Gasteiger partial charge in [0.1, 0.15) is 6.61 Å². The van der Waals surface area contributed by atoms with E-state index in [-0.39, 0.29) is 13.2 Å². The fourth-order valence-corrected chi connectivity index (χ4v) is 2.61. The van der Waals surface area contributed by atoms with Crippen molar-refractivity contribution in [1.29, 1.82) is 0 Å². The van der Waals surface area contributed by atoms with Gasteiger partial charge in [-0.15, -0.1) is 0 Å². The Morgan fingerprint density at radius 3 is 1.86 bits per heavy atom. The summed E-state index contributed by atoms with van der Waals surface area (Å²) in [6.07, 6.45) is 0. The summed E-state index contributed by atoms with van der Waals surface area (Å²) in [6.45, 7) is 0.202. The molecule has 1 unspecified atom stereocenters. The normalized spacial score (nSPS) is 12.9. The first kappa shape index (κ1) is 19.8. The fourth-order valence-electron chi connectivity index (χ4n) is 2.61. The molecule has 0 saturated carbocycles. The summed E-state index contributed by atoms with van der Waals surface area (Å²) in [6, 6.07) is 27.7. The van der Waals surface area contributed by atoms with E-state index in [0.29, 0.717) is 12.2 Å². The van der Waals surface area contributed by atoms with E-state index in [1.165, 1.54) is 0 Å². The quantitative estimate of drug-likeness (QED) is 0.560. The zero-order valence-corrected chi connectivity index (χ0v) is 15.5. The van der Waals surface area contributed by atoms with Crippen molar-refractivity contribution < 1.29 is 19.4 Å². The molecule has 5 heteroatoms. The number of amides is 1. The minimum atomic E-state index is -1.96. The largest absolute Gasteiger partial charge is 0.369 e. The average molecular weight is 377 g/mol. The predicted molar refractivity (Wildman–Crippen MR) is 106 cm³/mol. The van der Waals surface area contributed by atoms with Crippen LogP contribution in [0.15, 0.2) is 91.0 Å². The minimum Gasteiger partial charge on any atom is -0.369 e. The fraction of sp³-hybridized carbons (Fsp3) is 0.174. The van der Waals surface area contributed by atoms with E-state index in [1.807, 2.05) is 66.7 Å². The molecule has 1 amide bonds. The molecule has 0 radical (unpaired) electrons. The van der Waals surface area contributed by atoms with Crippen molar-refractivity contribution >= 4 is 5.91 Å². The van der Waals surface area contributed by atoms with Crippen LogP contribution in [0, 0.1) is 0 Å². The van der Waals surface area contributed by atoms with E-state index >= 15 is 0 Å². The number of nitrogens with one attached hydrogen (secondary N) is 1. The number of hydrogen-bond donors (Lipinski definition) is 2. The predicted octanol–water partition coefficient (Wildman–Crippen LogP) is 3.50. The molecule has 0 aliphatic rings. The highest BCUT2D eigenvalue weighted by molar-refractivity contribution is 5.94. The summed E-state index contributed by atoms with van der Waals surface area (Å²) in [5.41, 5.74) is 2.26. The second-order valence-corrected chi connectivity index (χ2v) is 6.36. The topological polar surface area (TPSA) is 67.8 Å². The van der Waals surface area contributed by atoms with Gasteiger partial charge in [0.25, 0.3) is 11.8 Å². The van der Waals surface area contributed by atoms with E-state index in [4.69, 9.17) is 9.47 Å². The van der Waals surface area contributed by atoms with Gasteiger partial charge in [-0.25, -0.2) is 0 Å². The van der Waals surface area contributed by atoms with Crippen molar-refractivity contribution in [3.63, 3.8) is 0 Å². The number of rotatable bonds is 9. The van der Waals surface area contributed by atoms with Gasteiger partial charge in [0.15, 0.2) is 0 Å². The lowest BCUT2D eigenvalue weighted by Crippen LogP contribution is -2.54. The molecule has 3 aromatic carbocycles. The Balaban J connectivity index is 1.65. The van der Waals surface area contributed by atoms with Crippen LogP contribution >= 0.6 is 0 Å². The molecule has 1 atom stereocenters. The Morgan fingerprint density at radius 2 is 1.29 bits per heavy atom. The lowest BCUT2D eigenvalue weighted by Gasteiger charge is -2.29. The Hall–Kier alpha value is -2.99. The molecule has 3 rings (SSSR count). The standard InChI is InChI=1S/C23H23NO4/c25-22(21-14-8-3-9-15-21)24-23(26,28-17-20-12-6-2-7-13-20)18-27-16-19-10-4-1-5-11-19/h1-15,26H,16-18H2,(H,24,25). The van der Waals surface area contributed by atoms with Gasteiger partial charge in [-0.2, -0.15) is 0 Å². The van der Waals surface area contributed by atoms with Crippen molar-refractivity contribution in [2.24, 2.45) is 0 Å². The summed E-state index contributed by atoms with van der Waals surface area (Å²) < 4.78 is 11.3. The summed E-state index contributed by atoms with van der Waals surface area (Å²) in [7, 11) is 0. The van der Waals surface area contributed by atoms with Gasteiger partial charge in [0.2, 0.25) is 0 Å². The number of benzene rings is 3. The van der Waals surface area contributed by atoms with Crippen LogP contribution in [0.2, 0.25) is 0 Å². The van der Waals surface area contributed by atoms with Gasteiger partial charge in [0.05, 0.1) is 13.2 Å². The molecule has 0 saturated heterocycles. The van der Waals surface area contributed by atoms with E-state index in [9.17, 15) is 9.90 Å². The van der Waals surface area contributed by atoms with Crippen molar-refractivity contribution in [2.75, 3.05) is 6.61 Å². The average Bonchev–Trinajstić information content (AvgIpc) is 2.74. The smallest absolute Gasteiger partial charge is 0.274 e. The molecule has 0 bridgehead atoms. The Bertz CT molecular complexity index is 856. The lowest BCUT2D eigenvalue weighted by molar-refractivity contribution is -0.252. The molecule has 0 aliphatic heterocycles. The Morgan fingerprint density at radius 1 is 0.786 bits per heavy atom. The van der Waals surface area contributed by atoms with E-state index in [2.05, 4.69) is 5.32 Å². The van der Waals surface area contributed by atoms with E-state index < -0.39 is 11.8 Å². The van der Waals surface area contributed by atoms with E-state index in [1.54, 1.807) is 24.3 Å². The number of aliphatic hydroxyl groups is 1. The maximum Gasteiger partial charge on any atom is 0.274 e. The molecular weight excluding hydrogens is 354 g/mol. The van der Waals surface area contributed by atoms with Gasteiger partial charge >= 0.3 is 0 Å². The Labute approximate surface area is 164 Å². The molecule has 0 aromatic heterocycles. The van der Waals surface area contributed by atoms with Crippen LogP contribution in [0.4, 0.5) is 0 Å². The van der Waals surface area contributed by atoms with Crippen LogP contribution < -0.4 is 5.32 Å². The maximum atomic E-state index is 12.5. The third-order valence-corrected chi connectivity index (χ3v) is 4.07. The number of carbonyl (C=O) groups is 1. The van der Waals surface area contributed by atoms with Crippen LogP contribution in [0.25, 0.3) is 0 Å². The van der Waals surface area contributed by atoms with Crippen LogP contribution in [-0.2, 0) is 22.7 Å². The highest BCUT2D eigenvalue weighted by atomic mass is 16.7. The van der Waals surface area contributed by atoms with Gasteiger partial charge in [-0.05, 0) is 23.3 Å². The summed E-state index contributed by atoms with van der Waals surface area (Å²) in [4.78, 5) is 12.5. The molecule has 0 heterocycles. The van der Waals surface area contributed by atoms with Crippen LogP contribution in [-0.4, -0.2) is 23.5 Å². The molecule has 144 valence electrons. The number of hydrogen-bond acceptors (Lipinski definition) is 4. The van der Waals surface area contributed by atoms with E-state index in [0.717, 1.165) is 11.1 Å². The number of carbonyl (C=O) groups excluding carboxylic acids is 1. The lowest BCUT2D eigenvalue weighted by atomic mass is 10.2. The van der Waals surface area contributed by atoms with Crippen LogP contribution in [0.1, 0.15) is 21.5 Å². The highest BCUT2D eigenvalue weighted by Crippen LogP contribution is 2.13. The second kappa shape index (κ2) is 9.80. The summed E-state index contributed by atoms with van der Waals surface area (Å²) >= 11 is 0. The second-order valence-electron chi connectivity index (χ2n) is 6.36. The Kier molecular flexibility index (Phi) is 6.92. The third kappa shape index (κ3) is 6.03. The summed E-state index contributed by atoms with van der Waals surface area (Å²) in [5, 5.41) is 13.4. The summed E-state index contributed by atoms with van der Waals surface area (Å²) in [5.74, 6) is -2.41. The number of ether oxygens (including phenoxy) is 2. The van der Waals surface area contributed by atoms with Crippen molar-refractivity contribution in [3.05, 3.63) is 108 Å². The molecule has 3 aromatic rings. The molecule has 0 spiro atoms. The van der Waals surface area contributed by atoms with Gasteiger partial charge in [0, 0.05) is 5.56 Å². The molecule has 5 nitrogen and oxygen atoms in total. The molecular formula is C23H23NO4. The van der Waals surface area contributed by atoms with Crippen molar-refractivity contribution in [3.8, 4) is 0 Å². The van der Waals surface area contributed by atoms with Crippen molar-refractivity contribution in [2.45, 2.75) is 19.1 Å².